The van der Waals surface area contributed by atoms with Crippen molar-refractivity contribution in [3.63, 3.8) is 0 Å². The van der Waals surface area contributed by atoms with Gasteiger partial charge in [-0.1, -0.05) is 18.2 Å². The van der Waals surface area contributed by atoms with E-state index in [1.807, 2.05) is 11.0 Å². The van der Waals surface area contributed by atoms with Crippen LogP contribution >= 0.6 is 0 Å². The molecule has 1 aliphatic rings. The molecule has 0 atom stereocenters. The summed E-state index contributed by atoms with van der Waals surface area (Å²) >= 11 is 0. The third-order valence-electron chi connectivity index (χ3n) is 5.51. The van der Waals surface area contributed by atoms with E-state index in [0.29, 0.717) is 30.2 Å². The zero-order valence-electron chi connectivity index (χ0n) is 19.0. The minimum Gasteiger partial charge on any atom is -0.497 e. The summed E-state index contributed by atoms with van der Waals surface area (Å²) in [5, 5.41) is 16.1. The van der Waals surface area contributed by atoms with Gasteiger partial charge in [0.1, 0.15) is 11.5 Å². The molecule has 4 rings (SSSR count). The average Bonchev–Trinajstić information content (AvgIpc) is 3.26. The van der Waals surface area contributed by atoms with Crippen molar-refractivity contribution in [3.05, 3.63) is 59.8 Å². The third kappa shape index (κ3) is 6.04. The third-order valence-corrected chi connectivity index (χ3v) is 5.51. The fourth-order valence-corrected chi connectivity index (χ4v) is 3.73. The first kappa shape index (κ1) is 24.6. The van der Waals surface area contributed by atoms with E-state index in [2.05, 4.69) is 34.3 Å². The number of aromatic amines is 1. The Bertz CT molecular complexity index is 1130. The number of carboxylic acids is 2. The molecule has 34 heavy (non-hydrogen) atoms. The van der Waals surface area contributed by atoms with Gasteiger partial charge in [0.25, 0.3) is 5.91 Å². The van der Waals surface area contributed by atoms with Crippen molar-refractivity contribution in [1.29, 1.82) is 0 Å². The Kier molecular flexibility index (Phi) is 8.10. The standard InChI is InChI=1S/C22H25N3O3.C2H2O4/c1-27-18-11-16(12-19(13-18)28-2)22(26)25-9-7-24(8-10-25)15-17-14-23-21-6-4-3-5-20(17)21;3-1(4)2(5)6/h3-6,11-14,23H,7-10,15H2,1-2H3;(H,3,4)(H,5,6). The molecule has 1 fully saturated rings. The maximum Gasteiger partial charge on any atom is 0.414 e. The van der Waals surface area contributed by atoms with Crippen LogP contribution in [0.5, 0.6) is 11.5 Å². The van der Waals surface area contributed by atoms with E-state index >= 15 is 0 Å². The Morgan fingerprint density at radius 2 is 1.50 bits per heavy atom. The van der Waals surface area contributed by atoms with Crippen molar-refractivity contribution in [2.24, 2.45) is 0 Å². The Hall–Kier alpha value is -4.05. The lowest BCUT2D eigenvalue weighted by Crippen LogP contribution is -2.48. The summed E-state index contributed by atoms with van der Waals surface area (Å²) in [5.74, 6) is -2.38. The normalized spacial score (nSPS) is 13.6. The number of nitrogens with zero attached hydrogens (tertiary/aromatic N) is 2. The predicted molar refractivity (Wildman–Crippen MR) is 124 cm³/mol. The Morgan fingerprint density at radius 1 is 0.912 bits per heavy atom. The molecule has 1 aromatic heterocycles. The van der Waals surface area contributed by atoms with Crippen LogP contribution in [0.25, 0.3) is 10.9 Å². The number of hydrogen-bond acceptors (Lipinski definition) is 6. The first-order valence-electron chi connectivity index (χ1n) is 10.6. The van der Waals surface area contributed by atoms with Crippen molar-refractivity contribution in [2.75, 3.05) is 40.4 Å². The van der Waals surface area contributed by atoms with Gasteiger partial charge >= 0.3 is 11.9 Å². The second-order valence-corrected chi connectivity index (χ2v) is 7.64. The number of ether oxygens (including phenoxy) is 2. The molecule has 0 unspecified atom stereocenters. The molecule has 2 aromatic carbocycles. The van der Waals surface area contributed by atoms with E-state index in [0.717, 1.165) is 19.6 Å². The van der Waals surface area contributed by atoms with Crippen LogP contribution in [0.2, 0.25) is 0 Å². The van der Waals surface area contributed by atoms with Gasteiger partial charge in [-0.3, -0.25) is 9.69 Å². The minimum atomic E-state index is -1.82. The van der Waals surface area contributed by atoms with Crippen LogP contribution < -0.4 is 9.47 Å². The number of nitrogens with one attached hydrogen (secondary N) is 1. The number of carbonyl (C=O) groups excluding carboxylic acids is 1. The second-order valence-electron chi connectivity index (χ2n) is 7.64. The van der Waals surface area contributed by atoms with Crippen LogP contribution in [0.3, 0.4) is 0 Å². The van der Waals surface area contributed by atoms with Crippen LogP contribution in [0, 0.1) is 0 Å². The number of para-hydroxylation sites is 1. The van der Waals surface area contributed by atoms with Gasteiger partial charge in [-0.25, -0.2) is 9.59 Å². The Balaban J connectivity index is 0.000000481. The second kappa shape index (κ2) is 11.2. The quantitative estimate of drug-likeness (QED) is 0.485. The predicted octanol–water partition coefficient (Wildman–Crippen LogP) is 2.30. The Labute approximate surface area is 196 Å². The summed E-state index contributed by atoms with van der Waals surface area (Å²) in [6.45, 7) is 4.01. The number of methoxy groups -OCH3 is 2. The summed E-state index contributed by atoms with van der Waals surface area (Å²) in [5.41, 5.74) is 3.06. The van der Waals surface area contributed by atoms with Crippen molar-refractivity contribution in [1.82, 2.24) is 14.8 Å². The molecule has 1 amide bonds. The van der Waals surface area contributed by atoms with E-state index in [1.54, 1.807) is 32.4 Å². The molecular formula is C24H27N3O7. The fraction of sp³-hybridized carbons (Fsp3) is 0.292. The molecule has 0 spiro atoms. The minimum absolute atomic E-state index is 0.0175. The highest BCUT2D eigenvalue weighted by Crippen LogP contribution is 2.24. The smallest absolute Gasteiger partial charge is 0.414 e. The van der Waals surface area contributed by atoms with Crippen LogP contribution in [0.1, 0.15) is 15.9 Å². The molecule has 0 bridgehead atoms. The van der Waals surface area contributed by atoms with E-state index < -0.39 is 11.9 Å². The molecule has 0 aliphatic carbocycles. The average molecular weight is 469 g/mol. The fourth-order valence-electron chi connectivity index (χ4n) is 3.73. The number of H-pyrrole nitrogens is 1. The molecule has 1 aliphatic heterocycles. The molecule has 2 heterocycles. The first-order chi connectivity index (χ1) is 16.3. The summed E-state index contributed by atoms with van der Waals surface area (Å²) in [6, 6.07) is 13.7. The SMILES string of the molecule is COc1cc(OC)cc(C(=O)N2CCN(Cc3c[nH]c4ccccc34)CC2)c1.O=C(O)C(=O)O. The molecule has 10 nitrogen and oxygen atoms in total. The molecule has 10 heteroatoms. The van der Waals surface area contributed by atoms with Crippen LogP contribution in [-0.2, 0) is 16.1 Å². The van der Waals surface area contributed by atoms with Gasteiger partial charge in [-0.05, 0) is 23.8 Å². The topological polar surface area (TPSA) is 132 Å². The number of aliphatic carboxylic acids is 2. The van der Waals surface area contributed by atoms with Gasteiger partial charge in [0.05, 0.1) is 14.2 Å². The monoisotopic (exact) mass is 469 g/mol. The highest BCUT2D eigenvalue weighted by atomic mass is 16.5. The number of fused-ring (bicyclic) bond motifs is 1. The molecule has 3 aromatic rings. The summed E-state index contributed by atoms with van der Waals surface area (Å²) in [6.07, 6.45) is 2.09. The number of carbonyl (C=O) groups is 3. The number of piperazine rings is 1. The van der Waals surface area contributed by atoms with Crippen molar-refractivity contribution in [3.8, 4) is 11.5 Å². The largest absolute Gasteiger partial charge is 0.497 e. The number of benzene rings is 2. The molecule has 0 radical (unpaired) electrons. The number of rotatable bonds is 5. The maximum atomic E-state index is 12.9. The van der Waals surface area contributed by atoms with Crippen LogP contribution in [-0.4, -0.2) is 83.2 Å². The lowest BCUT2D eigenvalue weighted by Gasteiger charge is -2.34. The van der Waals surface area contributed by atoms with Gasteiger partial charge in [-0.2, -0.15) is 0 Å². The summed E-state index contributed by atoms with van der Waals surface area (Å²) in [4.78, 5) is 38.8. The van der Waals surface area contributed by atoms with Crippen LogP contribution in [0.15, 0.2) is 48.7 Å². The summed E-state index contributed by atoms with van der Waals surface area (Å²) in [7, 11) is 3.18. The van der Waals surface area contributed by atoms with Gasteiger partial charge in [0.2, 0.25) is 0 Å². The van der Waals surface area contributed by atoms with E-state index in [1.165, 1.54) is 16.5 Å². The van der Waals surface area contributed by atoms with Gasteiger partial charge in [-0.15, -0.1) is 0 Å². The lowest BCUT2D eigenvalue weighted by atomic mass is 10.1. The molecular weight excluding hydrogens is 442 g/mol. The number of hydrogen-bond donors (Lipinski definition) is 3. The van der Waals surface area contributed by atoms with E-state index in [9.17, 15) is 4.79 Å². The van der Waals surface area contributed by atoms with Gasteiger partial charge in [0, 0.05) is 61.5 Å². The van der Waals surface area contributed by atoms with Crippen molar-refractivity contribution < 1.29 is 34.1 Å². The molecule has 1 saturated heterocycles. The van der Waals surface area contributed by atoms with E-state index in [4.69, 9.17) is 29.3 Å². The number of amides is 1. The van der Waals surface area contributed by atoms with E-state index in [-0.39, 0.29) is 5.91 Å². The lowest BCUT2D eigenvalue weighted by molar-refractivity contribution is -0.159. The number of carboxylic acid groups (broad SMARTS) is 2. The molecule has 180 valence electrons. The molecule has 0 saturated carbocycles. The van der Waals surface area contributed by atoms with Gasteiger partial charge in [0.15, 0.2) is 0 Å². The zero-order valence-corrected chi connectivity index (χ0v) is 19.0. The highest BCUT2D eigenvalue weighted by molar-refractivity contribution is 6.27. The van der Waals surface area contributed by atoms with Crippen LogP contribution in [0.4, 0.5) is 0 Å². The Morgan fingerprint density at radius 3 is 2.06 bits per heavy atom. The van der Waals surface area contributed by atoms with Crippen molar-refractivity contribution >= 4 is 28.7 Å². The first-order valence-corrected chi connectivity index (χ1v) is 10.6. The maximum absolute atomic E-state index is 12.9. The zero-order chi connectivity index (χ0) is 24.7. The van der Waals surface area contributed by atoms with Gasteiger partial charge < -0.3 is 29.6 Å². The molecule has 3 N–H and O–H groups in total. The van der Waals surface area contributed by atoms with Crippen molar-refractivity contribution in [2.45, 2.75) is 6.54 Å². The number of aromatic nitrogens is 1. The summed E-state index contributed by atoms with van der Waals surface area (Å²) < 4.78 is 10.6. The highest BCUT2D eigenvalue weighted by Gasteiger charge is 2.23.